The second-order valence-electron chi connectivity index (χ2n) is 8.45. The number of nitrogens with zero attached hydrogens (tertiary/aromatic N) is 2. The van der Waals surface area contributed by atoms with Gasteiger partial charge in [-0.05, 0) is 29.8 Å². The first kappa shape index (κ1) is 23.2. The van der Waals surface area contributed by atoms with Crippen LogP contribution in [0.3, 0.4) is 0 Å². The fraction of sp³-hybridized carbons (Fsp3) is 0.435. The number of pyridine rings is 1. The first-order valence-corrected chi connectivity index (χ1v) is 12.9. The summed E-state index contributed by atoms with van der Waals surface area (Å²) in [6.07, 6.45) is -1.22. The van der Waals surface area contributed by atoms with Gasteiger partial charge in [-0.15, -0.1) is 0 Å². The van der Waals surface area contributed by atoms with E-state index in [0.29, 0.717) is 29.0 Å². The molecular weight excluding hydrogens is 466 g/mol. The first-order chi connectivity index (χ1) is 16.4. The number of ether oxygens (including phenoxy) is 2. The van der Waals surface area contributed by atoms with Crippen molar-refractivity contribution in [1.82, 2.24) is 14.9 Å². The van der Waals surface area contributed by atoms with Crippen molar-refractivity contribution in [1.29, 1.82) is 0 Å². The maximum atomic E-state index is 13.4. The Labute approximate surface area is 196 Å². The lowest BCUT2D eigenvalue weighted by Gasteiger charge is -2.41. The summed E-state index contributed by atoms with van der Waals surface area (Å²) in [7, 11) is 2.95. The zero-order chi connectivity index (χ0) is 23.9. The van der Waals surface area contributed by atoms with Gasteiger partial charge in [-0.25, -0.2) is 4.98 Å². The standard InChI is InChI=1S/C23H27F3N5O2P/c1-27-18-10-20(30-22-21(18)16(11-28-22)23(24,25)26)29-17-4-3-15(9-19(17)32-2)34-7-5-31(6-8-34)14-12-33-13-14/h3-4,9-11,14H,5-8,12-13H2,1-2H3,(H3,27,28,29,30). The lowest BCUT2D eigenvalue weighted by Crippen LogP contribution is -2.52. The third kappa shape index (κ3) is 4.42. The van der Waals surface area contributed by atoms with E-state index in [9.17, 15) is 13.2 Å². The fourth-order valence-electron chi connectivity index (χ4n) is 4.52. The zero-order valence-corrected chi connectivity index (χ0v) is 19.9. The van der Waals surface area contributed by atoms with E-state index in [1.807, 2.05) is 6.07 Å². The molecular formula is C23H27F3N5O2P. The highest BCUT2D eigenvalue weighted by atomic mass is 31.1. The number of rotatable bonds is 6. The maximum absolute atomic E-state index is 13.4. The minimum absolute atomic E-state index is 0.0190. The number of hydrogen-bond donors (Lipinski definition) is 3. The molecule has 0 spiro atoms. The summed E-state index contributed by atoms with van der Waals surface area (Å²) >= 11 is 0. The van der Waals surface area contributed by atoms with Crippen LogP contribution in [0.25, 0.3) is 11.0 Å². The van der Waals surface area contributed by atoms with Crippen molar-refractivity contribution in [2.75, 3.05) is 63.4 Å². The minimum Gasteiger partial charge on any atom is -0.495 e. The van der Waals surface area contributed by atoms with Gasteiger partial charge in [-0.2, -0.15) is 13.2 Å². The Morgan fingerprint density at radius 1 is 1.18 bits per heavy atom. The number of alkyl halides is 3. The van der Waals surface area contributed by atoms with E-state index in [4.69, 9.17) is 9.47 Å². The van der Waals surface area contributed by atoms with Crippen molar-refractivity contribution >= 4 is 41.5 Å². The van der Waals surface area contributed by atoms with Crippen molar-refractivity contribution in [3.8, 4) is 5.75 Å². The summed E-state index contributed by atoms with van der Waals surface area (Å²) in [6.45, 7) is 3.88. The molecule has 0 aliphatic carbocycles. The van der Waals surface area contributed by atoms with Crippen molar-refractivity contribution in [3.05, 3.63) is 36.0 Å². The van der Waals surface area contributed by atoms with Crippen LogP contribution in [0.4, 0.5) is 30.4 Å². The van der Waals surface area contributed by atoms with Gasteiger partial charge in [0.25, 0.3) is 0 Å². The SMILES string of the molecule is CNc1cc(Nc2ccc(P3CCN(C4COC4)CC3)cc2OC)nc2[nH]cc(C(F)(F)F)c12. The Kier molecular flexibility index (Phi) is 6.31. The summed E-state index contributed by atoms with van der Waals surface area (Å²) in [6, 6.07) is 8.31. The van der Waals surface area contributed by atoms with Gasteiger partial charge in [-0.1, -0.05) is 14.0 Å². The Bertz CT molecular complexity index is 1170. The molecule has 0 bridgehead atoms. The second-order valence-corrected chi connectivity index (χ2v) is 10.9. The van der Waals surface area contributed by atoms with Crippen molar-refractivity contribution in [2.24, 2.45) is 0 Å². The van der Waals surface area contributed by atoms with Gasteiger partial charge in [-0.3, -0.25) is 4.90 Å². The first-order valence-electron chi connectivity index (χ1n) is 11.2. The molecule has 182 valence electrons. The van der Waals surface area contributed by atoms with Crippen LogP contribution in [-0.4, -0.2) is 73.7 Å². The van der Waals surface area contributed by atoms with E-state index in [1.165, 1.54) is 5.30 Å². The normalized spacial score (nSPS) is 18.1. The van der Waals surface area contributed by atoms with E-state index < -0.39 is 11.7 Å². The van der Waals surface area contributed by atoms with Crippen LogP contribution in [0.1, 0.15) is 5.56 Å². The molecule has 0 radical (unpaired) electrons. The van der Waals surface area contributed by atoms with Crippen LogP contribution in [0.15, 0.2) is 30.5 Å². The Balaban J connectivity index is 1.36. The summed E-state index contributed by atoms with van der Waals surface area (Å²) in [4.78, 5) is 9.54. The van der Waals surface area contributed by atoms with Crippen LogP contribution in [0.5, 0.6) is 5.75 Å². The molecule has 0 atom stereocenters. The number of H-pyrrole nitrogens is 1. The van der Waals surface area contributed by atoms with Crippen LogP contribution < -0.4 is 20.7 Å². The molecule has 5 rings (SSSR count). The lowest BCUT2D eigenvalue weighted by molar-refractivity contribution is -0.136. The number of benzene rings is 1. The van der Waals surface area contributed by atoms with Gasteiger partial charge >= 0.3 is 6.18 Å². The third-order valence-electron chi connectivity index (χ3n) is 6.48. The molecule has 2 aromatic heterocycles. The molecule has 7 nitrogen and oxygen atoms in total. The van der Waals surface area contributed by atoms with Crippen molar-refractivity contribution in [3.63, 3.8) is 0 Å². The fourth-order valence-corrected chi connectivity index (χ4v) is 6.84. The maximum Gasteiger partial charge on any atom is 0.418 e. The molecule has 2 saturated heterocycles. The van der Waals surface area contributed by atoms with Gasteiger partial charge in [0.2, 0.25) is 0 Å². The molecule has 3 aromatic rings. The summed E-state index contributed by atoms with van der Waals surface area (Å²) in [5.41, 5.74) is 0.460. The average Bonchev–Trinajstić information content (AvgIpc) is 3.23. The van der Waals surface area contributed by atoms with E-state index in [-0.39, 0.29) is 19.0 Å². The number of anilines is 3. The van der Waals surface area contributed by atoms with Crippen molar-refractivity contribution in [2.45, 2.75) is 12.2 Å². The van der Waals surface area contributed by atoms with Crippen LogP contribution >= 0.6 is 7.92 Å². The molecule has 11 heteroatoms. The highest BCUT2D eigenvalue weighted by molar-refractivity contribution is 7.65. The quantitative estimate of drug-likeness (QED) is 0.447. The molecule has 2 aliphatic rings. The Hall–Kier alpha value is -2.55. The molecule has 0 saturated carbocycles. The zero-order valence-electron chi connectivity index (χ0n) is 19.0. The van der Waals surface area contributed by atoms with Gasteiger partial charge in [0.05, 0.1) is 43.0 Å². The molecule has 4 heterocycles. The topological polar surface area (TPSA) is 74.4 Å². The van der Waals surface area contributed by atoms with Gasteiger partial charge in [0, 0.05) is 38.1 Å². The third-order valence-corrected chi connectivity index (χ3v) is 8.97. The largest absolute Gasteiger partial charge is 0.495 e. The van der Waals surface area contributed by atoms with Gasteiger partial charge in [0.15, 0.2) is 0 Å². The van der Waals surface area contributed by atoms with Gasteiger partial charge < -0.3 is 25.1 Å². The average molecular weight is 493 g/mol. The monoisotopic (exact) mass is 493 g/mol. The summed E-state index contributed by atoms with van der Waals surface area (Å²) in [5, 5.41) is 7.38. The van der Waals surface area contributed by atoms with Crippen LogP contribution in [0, 0.1) is 0 Å². The second kappa shape index (κ2) is 9.24. The van der Waals surface area contributed by atoms with Gasteiger partial charge in [0.1, 0.15) is 17.2 Å². The van der Waals surface area contributed by atoms with Crippen LogP contribution in [-0.2, 0) is 10.9 Å². The number of nitrogens with one attached hydrogen (secondary N) is 3. The number of fused-ring (bicyclic) bond motifs is 1. The number of aromatic nitrogens is 2. The van der Waals surface area contributed by atoms with E-state index in [2.05, 4.69) is 37.6 Å². The lowest BCUT2D eigenvalue weighted by atomic mass is 10.1. The Morgan fingerprint density at radius 2 is 1.94 bits per heavy atom. The summed E-state index contributed by atoms with van der Waals surface area (Å²) < 4.78 is 51.1. The van der Waals surface area contributed by atoms with Crippen molar-refractivity contribution < 1.29 is 22.6 Å². The molecule has 1 aromatic carbocycles. The number of methoxy groups -OCH3 is 1. The molecule has 34 heavy (non-hydrogen) atoms. The number of hydrogen-bond acceptors (Lipinski definition) is 6. The minimum atomic E-state index is -4.47. The molecule has 0 amide bonds. The molecule has 2 aliphatic heterocycles. The predicted molar refractivity (Wildman–Crippen MR) is 129 cm³/mol. The smallest absolute Gasteiger partial charge is 0.418 e. The number of halogens is 3. The Morgan fingerprint density at radius 3 is 2.56 bits per heavy atom. The van der Waals surface area contributed by atoms with Crippen LogP contribution in [0.2, 0.25) is 0 Å². The molecule has 2 fully saturated rings. The predicted octanol–water partition coefficient (Wildman–Crippen LogP) is 4.20. The molecule has 3 N–H and O–H groups in total. The highest BCUT2D eigenvalue weighted by Gasteiger charge is 2.35. The number of aromatic amines is 1. The van der Waals surface area contributed by atoms with E-state index >= 15 is 0 Å². The highest BCUT2D eigenvalue weighted by Crippen LogP contribution is 2.41. The van der Waals surface area contributed by atoms with E-state index in [0.717, 1.165) is 44.8 Å². The van der Waals surface area contributed by atoms with E-state index in [1.54, 1.807) is 20.2 Å². The molecule has 0 unspecified atom stereocenters. The summed E-state index contributed by atoms with van der Waals surface area (Å²) in [5.74, 6) is 1.10.